The van der Waals surface area contributed by atoms with Crippen LogP contribution in [-0.4, -0.2) is 45.0 Å². The van der Waals surface area contributed by atoms with Crippen LogP contribution in [0.4, 0.5) is 5.69 Å². The number of carbonyl (C=O) groups excluding carboxylic acids is 1. The monoisotopic (exact) mass is 576 g/mol. The molecular formula is C21H14AsBrN2O6S. The van der Waals surface area contributed by atoms with E-state index < -0.39 is 36.3 Å². The number of nitrogens with zero attached hydrogens (tertiary/aromatic N) is 1. The summed E-state index contributed by atoms with van der Waals surface area (Å²) in [6, 6.07) is 17.3. The summed E-state index contributed by atoms with van der Waals surface area (Å²) < 4.78 is 33.9. The molecule has 32 heavy (non-hydrogen) atoms. The summed E-state index contributed by atoms with van der Waals surface area (Å²) in [5.74, 6) is -1.23. The van der Waals surface area contributed by atoms with Gasteiger partial charge in [0.1, 0.15) is 0 Å². The molecule has 0 saturated heterocycles. The number of fused-ring (bicyclic) bond motifs is 1. The fraction of sp³-hybridized carbons (Fsp3) is 0. The summed E-state index contributed by atoms with van der Waals surface area (Å²) >= 11 is 1.61. The summed E-state index contributed by atoms with van der Waals surface area (Å²) in [4.78, 5) is 24.4. The van der Waals surface area contributed by atoms with Gasteiger partial charge in [-0.1, -0.05) is 0 Å². The maximum atomic E-state index is 13.0. The van der Waals surface area contributed by atoms with E-state index in [4.69, 9.17) is 4.52 Å². The number of carboxylic acids is 1. The number of rotatable bonds is 7. The Labute approximate surface area is 197 Å². The summed E-state index contributed by atoms with van der Waals surface area (Å²) in [5.41, 5.74) is 0.761. The molecule has 0 spiro atoms. The number of aromatic nitrogens is 1. The van der Waals surface area contributed by atoms with Crippen molar-refractivity contribution < 1.29 is 27.6 Å². The Morgan fingerprint density at radius 2 is 1.78 bits per heavy atom. The van der Waals surface area contributed by atoms with Crippen molar-refractivity contribution in [1.29, 1.82) is 0 Å². The molecule has 1 unspecified atom stereocenters. The average molecular weight is 577 g/mol. The van der Waals surface area contributed by atoms with Crippen molar-refractivity contribution in [2.75, 3.05) is 4.72 Å². The number of anilines is 1. The zero-order chi connectivity index (χ0) is 22.9. The number of hydrogen-bond acceptors (Lipinski definition) is 6. The number of hydrogen-bond donors (Lipinski definition) is 2. The van der Waals surface area contributed by atoms with Crippen molar-refractivity contribution in [1.82, 2.24) is 5.16 Å². The van der Waals surface area contributed by atoms with E-state index in [9.17, 15) is 23.1 Å². The summed E-state index contributed by atoms with van der Waals surface area (Å²) in [6.07, 6.45) is 0. The Kier molecular flexibility index (Phi) is 6.19. The maximum absolute atomic E-state index is 13.0. The fourth-order valence-corrected chi connectivity index (χ4v) is 6.54. The summed E-state index contributed by atoms with van der Waals surface area (Å²) in [7, 11) is -3.91. The van der Waals surface area contributed by atoms with Crippen LogP contribution < -0.4 is 9.07 Å². The van der Waals surface area contributed by atoms with Crippen LogP contribution >= 0.6 is 15.9 Å². The van der Waals surface area contributed by atoms with E-state index in [2.05, 4.69) is 25.8 Å². The van der Waals surface area contributed by atoms with Gasteiger partial charge in [0.15, 0.2) is 0 Å². The first-order valence-corrected chi connectivity index (χ1v) is 13.4. The molecule has 11 heteroatoms. The molecule has 0 fully saturated rings. The molecule has 8 nitrogen and oxygen atoms in total. The first kappa shape index (κ1) is 22.3. The van der Waals surface area contributed by atoms with Gasteiger partial charge in [-0.15, -0.1) is 0 Å². The van der Waals surface area contributed by atoms with Gasteiger partial charge >= 0.3 is 198 Å². The SMILES string of the molecule is O=C(O)c1cc(Br)ccc1[AsH]C(=O)c1onc2ccc(S(=O)(=O)Nc3ccccc3)cc12. The number of para-hydroxylation sites is 1. The molecule has 4 rings (SSSR count). The van der Waals surface area contributed by atoms with Crippen LogP contribution in [0.2, 0.25) is 0 Å². The van der Waals surface area contributed by atoms with Gasteiger partial charge in [0, 0.05) is 0 Å². The Hall–Kier alpha value is -2.94. The fourth-order valence-electron chi connectivity index (χ4n) is 2.95. The predicted octanol–water partition coefficient (Wildman–Crippen LogP) is 2.99. The van der Waals surface area contributed by atoms with E-state index in [-0.39, 0.29) is 21.6 Å². The summed E-state index contributed by atoms with van der Waals surface area (Å²) in [5, 5.41) is 13.5. The molecule has 0 aliphatic rings. The molecule has 4 aromatic rings. The molecule has 1 atom stereocenters. The Balaban J connectivity index is 1.68. The topological polar surface area (TPSA) is 127 Å². The molecule has 162 valence electrons. The first-order chi connectivity index (χ1) is 15.2. The molecule has 0 bridgehead atoms. The standard InChI is InChI=1S/C21H14AsBrN2O6S/c23-12-6-8-17(15(10-12)21(27)28)22-20(26)19-16-11-14(7-9-18(16)24-31-19)32(29,30)25-13-4-2-1-3-5-13/h1-11,22,25H,(H,27,28). The molecule has 0 aliphatic heterocycles. The van der Waals surface area contributed by atoms with Crippen molar-refractivity contribution in [3.8, 4) is 0 Å². The zero-order valence-electron chi connectivity index (χ0n) is 16.1. The minimum absolute atomic E-state index is 0.0341. The van der Waals surface area contributed by atoms with Crippen molar-refractivity contribution >= 4 is 73.2 Å². The Morgan fingerprint density at radius 1 is 1.03 bits per heavy atom. The number of halogens is 1. The van der Waals surface area contributed by atoms with Gasteiger partial charge in [-0.05, 0) is 0 Å². The van der Waals surface area contributed by atoms with Gasteiger partial charge in [0.05, 0.1) is 0 Å². The van der Waals surface area contributed by atoms with Crippen molar-refractivity contribution in [2.45, 2.75) is 4.90 Å². The molecule has 0 radical (unpaired) electrons. The van der Waals surface area contributed by atoms with Gasteiger partial charge in [-0.25, -0.2) is 0 Å². The number of aromatic carboxylic acids is 1. The van der Waals surface area contributed by atoms with E-state index in [1.165, 1.54) is 24.3 Å². The number of benzene rings is 3. The molecule has 0 amide bonds. The number of carboxylic acid groups (broad SMARTS) is 1. The molecule has 3 aromatic carbocycles. The molecule has 1 aromatic heterocycles. The number of nitrogens with one attached hydrogen (secondary N) is 1. The van der Waals surface area contributed by atoms with Crippen LogP contribution in [-0.2, 0) is 10.0 Å². The second kappa shape index (κ2) is 8.89. The van der Waals surface area contributed by atoms with Crippen molar-refractivity contribution in [2.24, 2.45) is 0 Å². The third-order valence-electron chi connectivity index (χ3n) is 4.45. The normalized spacial score (nSPS) is 11.8. The van der Waals surface area contributed by atoms with E-state index >= 15 is 0 Å². The van der Waals surface area contributed by atoms with Gasteiger partial charge in [-0.3, -0.25) is 0 Å². The van der Waals surface area contributed by atoms with Crippen LogP contribution in [0.5, 0.6) is 0 Å². The second-order valence-corrected chi connectivity index (χ2v) is 11.8. The molecule has 0 aliphatic carbocycles. The van der Waals surface area contributed by atoms with Crippen LogP contribution in [0.1, 0.15) is 20.9 Å². The van der Waals surface area contributed by atoms with E-state index in [1.807, 2.05) is 0 Å². The average Bonchev–Trinajstić information content (AvgIpc) is 3.19. The third-order valence-corrected chi connectivity index (χ3v) is 8.76. The third kappa shape index (κ3) is 4.62. The van der Waals surface area contributed by atoms with Crippen molar-refractivity contribution in [3.63, 3.8) is 0 Å². The van der Waals surface area contributed by atoms with Crippen LogP contribution in [0.25, 0.3) is 10.9 Å². The Morgan fingerprint density at radius 3 is 2.50 bits per heavy atom. The van der Waals surface area contributed by atoms with Crippen molar-refractivity contribution in [3.05, 3.63) is 82.5 Å². The van der Waals surface area contributed by atoms with E-state index in [1.54, 1.807) is 42.5 Å². The predicted molar refractivity (Wildman–Crippen MR) is 123 cm³/mol. The minimum atomic E-state index is -3.91. The quantitative estimate of drug-likeness (QED) is 0.324. The number of carbonyl (C=O) groups is 2. The number of sulfonamides is 1. The molecular weight excluding hydrogens is 563 g/mol. The van der Waals surface area contributed by atoms with Crippen LogP contribution in [0, 0.1) is 0 Å². The van der Waals surface area contributed by atoms with Crippen LogP contribution in [0.3, 0.4) is 0 Å². The molecule has 0 saturated carbocycles. The summed E-state index contributed by atoms with van der Waals surface area (Å²) in [6.45, 7) is 0. The van der Waals surface area contributed by atoms with E-state index in [0.29, 0.717) is 20.0 Å². The zero-order valence-corrected chi connectivity index (χ0v) is 20.6. The van der Waals surface area contributed by atoms with Crippen LogP contribution in [0.15, 0.2) is 80.6 Å². The van der Waals surface area contributed by atoms with Gasteiger partial charge < -0.3 is 0 Å². The Bertz CT molecular complexity index is 1450. The molecule has 1 heterocycles. The van der Waals surface area contributed by atoms with Gasteiger partial charge in [-0.2, -0.15) is 0 Å². The first-order valence-electron chi connectivity index (χ1n) is 9.06. The van der Waals surface area contributed by atoms with E-state index in [0.717, 1.165) is 0 Å². The molecule has 2 N–H and O–H groups in total. The van der Waals surface area contributed by atoms with Gasteiger partial charge in [0.2, 0.25) is 0 Å². The second-order valence-electron chi connectivity index (χ2n) is 6.61. The van der Waals surface area contributed by atoms with Gasteiger partial charge in [0.25, 0.3) is 0 Å².